The van der Waals surface area contributed by atoms with Crippen LogP contribution in [0.3, 0.4) is 0 Å². The molecular weight excluding hydrogens is 258 g/mol. The summed E-state index contributed by atoms with van der Waals surface area (Å²) >= 11 is 0. The monoisotopic (exact) mass is 273 g/mol. The van der Waals surface area contributed by atoms with Crippen molar-refractivity contribution >= 4 is 22.9 Å². The first-order valence-corrected chi connectivity index (χ1v) is 6.22. The molecule has 0 atom stereocenters. The normalized spacial score (nSPS) is 10.3. The third-order valence-corrected chi connectivity index (χ3v) is 2.93. The van der Waals surface area contributed by atoms with Crippen molar-refractivity contribution in [2.24, 2.45) is 0 Å². The Morgan fingerprint density at radius 2 is 1.90 bits per heavy atom. The van der Waals surface area contributed by atoms with Gasteiger partial charge in [0.15, 0.2) is 0 Å². The van der Waals surface area contributed by atoms with Gasteiger partial charge in [0.2, 0.25) is 0 Å². The largest absolute Gasteiger partial charge is 0.468 e. The first kappa shape index (κ1) is 13.9. The third-order valence-electron chi connectivity index (χ3n) is 2.93. The molecule has 2 aromatic rings. The summed E-state index contributed by atoms with van der Waals surface area (Å²) in [7, 11) is 1.30. The number of fused-ring (bicyclic) bond motifs is 1. The van der Waals surface area contributed by atoms with Crippen LogP contribution in [0, 0.1) is 0 Å². The number of hydrogen-bond acceptors (Lipinski definition) is 5. The standard InChI is InChI=1S/C14H15N3O3/c1-3-17(9-13(18)20-2)14(19)10-4-5-11-12(8-10)16-7-6-15-11/h4-8H,3,9H2,1-2H3. The van der Waals surface area contributed by atoms with Gasteiger partial charge < -0.3 is 9.64 Å². The van der Waals surface area contributed by atoms with Gasteiger partial charge in [-0.05, 0) is 25.1 Å². The molecule has 2 rings (SSSR count). The maximum atomic E-state index is 12.3. The highest BCUT2D eigenvalue weighted by Gasteiger charge is 2.18. The topological polar surface area (TPSA) is 72.4 Å². The van der Waals surface area contributed by atoms with E-state index in [9.17, 15) is 9.59 Å². The maximum absolute atomic E-state index is 12.3. The van der Waals surface area contributed by atoms with Crippen molar-refractivity contribution in [3.05, 3.63) is 36.2 Å². The van der Waals surface area contributed by atoms with Crippen LogP contribution in [0.4, 0.5) is 0 Å². The number of aromatic nitrogens is 2. The van der Waals surface area contributed by atoms with Crippen LogP contribution in [0.15, 0.2) is 30.6 Å². The van der Waals surface area contributed by atoms with E-state index in [1.165, 1.54) is 12.0 Å². The summed E-state index contributed by atoms with van der Waals surface area (Å²) in [6.45, 7) is 2.17. The molecule has 0 saturated carbocycles. The Labute approximate surface area is 116 Å². The van der Waals surface area contributed by atoms with E-state index in [2.05, 4.69) is 14.7 Å². The molecular formula is C14H15N3O3. The van der Waals surface area contributed by atoms with Crippen molar-refractivity contribution in [3.63, 3.8) is 0 Å². The number of hydrogen-bond donors (Lipinski definition) is 0. The van der Waals surface area contributed by atoms with Gasteiger partial charge in [0, 0.05) is 24.5 Å². The first-order chi connectivity index (χ1) is 9.65. The lowest BCUT2D eigenvalue weighted by molar-refractivity contribution is -0.141. The van der Waals surface area contributed by atoms with Crippen LogP contribution in [0.25, 0.3) is 11.0 Å². The van der Waals surface area contributed by atoms with E-state index in [4.69, 9.17) is 0 Å². The highest BCUT2D eigenvalue weighted by Crippen LogP contribution is 2.13. The van der Waals surface area contributed by atoms with Gasteiger partial charge in [0.05, 0.1) is 18.1 Å². The molecule has 0 aliphatic carbocycles. The Morgan fingerprint density at radius 1 is 1.20 bits per heavy atom. The van der Waals surface area contributed by atoms with Gasteiger partial charge in [0.1, 0.15) is 6.54 Å². The zero-order valence-corrected chi connectivity index (χ0v) is 11.4. The number of nitrogens with zero attached hydrogens (tertiary/aromatic N) is 3. The van der Waals surface area contributed by atoms with Crippen molar-refractivity contribution in [3.8, 4) is 0 Å². The predicted molar refractivity (Wildman–Crippen MR) is 73.1 cm³/mol. The molecule has 6 heteroatoms. The van der Waals surface area contributed by atoms with Crippen molar-refractivity contribution in [1.29, 1.82) is 0 Å². The molecule has 6 nitrogen and oxygen atoms in total. The zero-order chi connectivity index (χ0) is 14.5. The molecule has 1 heterocycles. The second kappa shape index (κ2) is 6.10. The number of esters is 1. The van der Waals surface area contributed by atoms with Crippen LogP contribution < -0.4 is 0 Å². The Hall–Kier alpha value is -2.50. The molecule has 0 bridgehead atoms. The number of carbonyl (C=O) groups excluding carboxylic acids is 2. The minimum absolute atomic E-state index is 0.0651. The fourth-order valence-electron chi connectivity index (χ4n) is 1.83. The Bertz CT molecular complexity index is 642. The first-order valence-electron chi connectivity index (χ1n) is 6.22. The second-order valence-electron chi connectivity index (χ2n) is 4.16. The summed E-state index contributed by atoms with van der Waals surface area (Å²) in [5, 5.41) is 0. The van der Waals surface area contributed by atoms with Crippen LogP contribution in [0.2, 0.25) is 0 Å². The van der Waals surface area contributed by atoms with Gasteiger partial charge in [-0.1, -0.05) is 0 Å². The SMILES string of the molecule is CCN(CC(=O)OC)C(=O)c1ccc2nccnc2c1. The molecule has 1 aromatic heterocycles. The second-order valence-corrected chi connectivity index (χ2v) is 4.16. The quantitative estimate of drug-likeness (QED) is 0.784. The smallest absolute Gasteiger partial charge is 0.325 e. The lowest BCUT2D eigenvalue weighted by atomic mass is 10.1. The minimum atomic E-state index is -0.444. The lowest BCUT2D eigenvalue weighted by Crippen LogP contribution is -2.36. The number of methoxy groups -OCH3 is 1. The van der Waals surface area contributed by atoms with Crippen molar-refractivity contribution in [2.75, 3.05) is 20.2 Å². The van der Waals surface area contributed by atoms with Gasteiger partial charge in [-0.2, -0.15) is 0 Å². The van der Waals surface area contributed by atoms with Gasteiger partial charge >= 0.3 is 5.97 Å². The van der Waals surface area contributed by atoms with Crippen LogP contribution >= 0.6 is 0 Å². The van der Waals surface area contributed by atoms with Crippen LogP contribution in [-0.2, 0) is 9.53 Å². The molecule has 1 aromatic carbocycles. The maximum Gasteiger partial charge on any atom is 0.325 e. The molecule has 104 valence electrons. The Balaban J connectivity index is 2.27. The van der Waals surface area contributed by atoms with Crippen LogP contribution in [-0.4, -0.2) is 46.9 Å². The predicted octanol–water partition coefficient (Wildman–Crippen LogP) is 1.26. The summed E-state index contributed by atoms with van der Waals surface area (Å²) in [4.78, 5) is 33.4. The fourth-order valence-corrected chi connectivity index (χ4v) is 1.83. The van der Waals surface area contributed by atoms with E-state index in [0.717, 1.165) is 5.52 Å². The highest BCUT2D eigenvalue weighted by molar-refractivity contribution is 5.98. The van der Waals surface area contributed by atoms with Gasteiger partial charge in [-0.3, -0.25) is 19.6 Å². The summed E-state index contributed by atoms with van der Waals surface area (Å²) in [6.07, 6.45) is 3.17. The van der Waals surface area contributed by atoms with Gasteiger partial charge in [-0.15, -0.1) is 0 Å². The number of rotatable bonds is 4. The number of amides is 1. The number of benzene rings is 1. The number of likely N-dealkylation sites (N-methyl/N-ethyl adjacent to an activating group) is 1. The summed E-state index contributed by atoms with van der Waals surface area (Å²) < 4.78 is 4.58. The molecule has 0 aliphatic rings. The summed E-state index contributed by atoms with van der Waals surface area (Å²) in [5.41, 5.74) is 1.84. The van der Waals surface area contributed by atoms with E-state index in [0.29, 0.717) is 17.6 Å². The molecule has 0 unspecified atom stereocenters. The molecule has 0 N–H and O–H groups in total. The lowest BCUT2D eigenvalue weighted by Gasteiger charge is -2.19. The van der Waals surface area contributed by atoms with E-state index in [1.54, 1.807) is 30.6 Å². The molecule has 0 aliphatic heterocycles. The molecule has 1 amide bonds. The fraction of sp³-hybridized carbons (Fsp3) is 0.286. The average Bonchev–Trinajstić information content (AvgIpc) is 2.51. The van der Waals surface area contributed by atoms with Crippen molar-refractivity contribution in [2.45, 2.75) is 6.92 Å². The van der Waals surface area contributed by atoms with Gasteiger partial charge in [0.25, 0.3) is 5.91 Å². The van der Waals surface area contributed by atoms with Gasteiger partial charge in [-0.25, -0.2) is 0 Å². The Morgan fingerprint density at radius 3 is 2.55 bits per heavy atom. The molecule has 0 spiro atoms. The number of ether oxygens (including phenoxy) is 1. The van der Waals surface area contributed by atoms with E-state index in [-0.39, 0.29) is 12.5 Å². The summed E-state index contributed by atoms with van der Waals surface area (Å²) in [5.74, 6) is -0.675. The van der Waals surface area contributed by atoms with E-state index < -0.39 is 5.97 Å². The number of carbonyl (C=O) groups is 2. The third kappa shape index (κ3) is 2.90. The molecule has 20 heavy (non-hydrogen) atoms. The molecule has 0 radical (unpaired) electrons. The van der Waals surface area contributed by atoms with Crippen molar-refractivity contribution in [1.82, 2.24) is 14.9 Å². The Kier molecular flexibility index (Phi) is 4.24. The van der Waals surface area contributed by atoms with Crippen molar-refractivity contribution < 1.29 is 14.3 Å². The molecule has 0 saturated heterocycles. The minimum Gasteiger partial charge on any atom is -0.468 e. The highest BCUT2D eigenvalue weighted by atomic mass is 16.5. The summed E-state index contributed by atoms with van der Waals surface area (Å²) in [6, 6.07) is 5.09. The van der Waals surface area contributed by atoms with E-state index >= 15 is 0 Å². The zero-order valence-electron chi connectivity index (χ0n) is 11.4. The van der Waals surface area contributed by atoms with Crippen LogP contribution in [0.5, 0.6) is 0 Å². The van der Waals surface area contributed by atoms with Crippen LogP contribution in [0.1, 0.15) is 17.3 Å². The van der Waals surface area contributed by atoms with E-state index in [1.807, 2.05) is 6.92 Å². The molecule has 0 fully saturated rings. The average molecular weight is 273 g/mol.